The molecular formula is C14H12ClF2NS. The van der Waals surface area contributed by atoms with E-state index in [1.807, 2.05) is 18.2 Å². The summed E-state index contributed by atoms with van der Waals surface area (Å²) in [5.74, 6) is -0.758. The molecule has 2 N–H and O–H groups in total. The number of benzene rings is 2. The smallest absolute Gasteiger partial charge is 0.130 e. The molecule has 1 atom stereocenters. The summed E-state index contributed by atoms with van der Waals surface area (Å²) in [6.45, 7) is 0. The van der Waals surface area contributed by atoms with Crippen molar-refractivity contribution in [1.82, 2.24) is 0 Å². The highest BCUT2D eigenvalue weighted by molar-refractivity contribution is 7.99. The molecule has 0 saturated carbocycles. The van der Waals surface area contributed by atoms with Crippen LogP contribution in [0.3, 0.4) is 0 Å². The molecule has 0 aliphatic rings. The number of thioether (sulfide) groups is 1. The number of nitrogens with two attached hydrogens (primary N) is 1. The molecule has 0 fully saturated rings. The summed E-state index contributed by atoms with van der Waals surface area (Å²) >= 11 is 7.47. The molecule has 2 rings (SSSR count). The van der Waals surface area contributed by atoms with E-state index in [0.29, 0.717) is 16.3 Å². The zero-order chi connectivity index (χ0) is 13.8. The zero-order valence-corrected chi connectivity index (χ0v) is 11.5. The van der Waals surface area contributed by atoms with Crippen molar-refractivity contribution >= 4 is 23.4 Å². The molecule has 0 spiro atoms. The van der Waals surface area contributed by atoms with E-state index in [0.717, 1.165) is 11.0 Å². The Morgan fingerprint density at radius 1 is 1.16 bits per heavy atom. The summed E-state index contributed by atoms with van der Waals surface area (Å²) in [4.78, 5) is 0.891. The van der Waals surface area contributed by atoms with E-state index in [2.05, 4.69) is 0 Å². The van der Waals surface area contributed by atoms with Crippen LogP contribution in [-0.4, -0.2) is 5.75 Å². The monoisotopic (exact) mass is 299 g/mol. The Morgan fingerprint density at radius 2 is 1.89 bits per heavy atom. The van der Waals surface area contributed by atoms with Gasteiger partial charge in [-0.25, -0.2) is 8.78 Å². The van der Waals surface area contributed by atoms with E-state index in [-0.39, 0.29) is 0 Å². The third-order valence-corrected chi connectivity index (χ3v) is 4.25. The fourth-order valence-electron chi connectivity index (χ4n) is 1.63. The molecule has 0 amide bonds. The molecule has 1 nitrogen and oxygen atoms in total. The molecule has 5 heteroatoms. The van der Waals surface area contributed by atoms with E-state index in [1.165, 1.54) is 23.9 Å². The van der Waals surface area contributed by atoms with Crippen molar-refractivity contribution < 1.29 is 8.78 Å². The second-order valence-corrected chi connectivity index (χ2v) is 5.48. The van der Waals surface area contributed by atoms with Crippen molar-refractivity contribution in [2.75, 3.05) is 5.75 Å². The van der Waals surface area contributed by atoms with Gasteiger partial charge in [-0.05, 0) is 18.2 Å². The van der Waals surface area contributed by atoms with Crippen LogP contribution < -0.4 is 5.73 Å². The molecule has 0 aromatic heterocycles. The van der Waals surface area contributed by atoms with Crippen LogP contribution in [0.2, 0.25) is 5.02 Å². The first-order chi connectivity index (χ1) is 9.08. The molecule has 0 saturated heterocycles. The van der Waals surface area contributed by atoms with Gasteiger partial charge in [-0.15, -0.1) is 11.8 Å². The van der Waals surface area contributed by atoms with E-state index >= 15 is 0 Å². The van der Waals surface area contributed by atoms with Crippen molar-refractivity contribution in [1.29, 1.82) is 0 Å². The second kappa shape index (κ2) is 6.37. The first kappa shape index (κ1) is 14.3. The molecule has 0 heterocycles. The van der Waals surface area contributed by atoms with Gasteiger partial charge in [-0.2, -0.15) is 0 Å². The average molecular weight is 300 g/mol. The number of rotatable bonds is 4. The summed E-state index contributed by atoms with van der Waals surface area (Å²) in [5.41, 5.74) is 6.22. The van der Waals surface area contributed by atoms with Crippen LogP contribution in [0.15, 0.2) is 47.4 Å². The van der Waals surface area contributed by atoms with Crippen LogP contribution >= 0.6 is 23.4 Å². The predicted octanol–water partition coefficient (Wildman–Crippen LogP) is 4.41. The molecule has 2 aromatic rings. The van der Waals surface area contributed by atoms with Gasteiger partial charge in [0.2, 0.25) is 0 Å². The lowest BCUT2D eigenvalue weighted by Gasteiger charge is -2.13. The highest BCUT2D eigenvalue weighted by atomic mass is 35.5. The van der Waals surface area contributed by atoms with Crippen LogP contribution in [0.25, 0.3) is 0 Å². The van der Waals surface area contributed by atoms with Gasteiger partial charge in [0.05, 0.1) is 5.02 Å². The lowest BCUT2D eigenvalue weighted by molar-refractivity contribution is 0.563. The van der Waals surface area contributed by atoms with Gasteiger partial charge >= 0.3 is 0 Å². The Morgan fingerprint density at radius 3 is 2.58 bits per heavy atom. The molecule has 0 bridgehead atoms. The highest BCUT2D eigenvalue weighted by Gasteiger charge is 2.13. The van der Waals surface area contributed by atoms with E-state index in [9.17, 15) is 8.78 Å². The Bertz CT molecular complexity index is 577. The molecular weight excluding hydrogens is 288 g/mol. The van der Waals surface area contributed by atoms with Gasteiger partial charge in [-0.3, -0.25) is 0 Å². The van der Waals surface area contributed by atoms with Gasteiger partial charge in [0.25, 0.3) is 0 Å². The first-order valence-electron chi connectivity index (χ1n) is 5.66. The van der Waals surface area contributed by atoms with Crippen LogP contribution in [0, 0.1) is 11.6 Å². The zero-order valence-electron chi connectivity index (χ0n) is 9.95. The minimum atomic E-state index is -0.618. The van der Waals surface area contributed by atoms with Crippen LogP contribution in [0.1, 0.15) is 11.6 Å². The fourth-order valence-corrected chi connectivity index (χ4v) is 2.85. The predicted molar refractivity (Wildman–Crippen MR) is 75.5 cm³/mol. The van der Waals surface area contributed by atoms with Crippen molar-refractivity contribution in [3.8, 4) is 0 Å². The number of hydrogen-bond donors (Lipinski definition) is 1. The summed E-state index contributed by atoms with van der Waals surface area (Å²) in [6, 6.07) is 10.3. The highest BCUT2D eigenvalue weighted by Crippen LogP contribution is 2.30. The summed E-state index contributed by atoms with van der Waals surface area (Å²) in [7, 11) is 0. The molecule has 100 valence electrons. The maximum atomic E-state index is 13.6. The molecule has 1 unspecified atom stereocenters. The van der Waals surface area contributed by atoms with Crippen molar-refractivity contribution in [2.24, 2.45) is 5.73 Å². The van der Waals surface area contributed by atoms with Crippen LogP contribution in [0.5, 0.6) is 0 Å². The topological polar surface area (TPSA) is 26.0 Å². The van der Waals surface area contributed by atoms with Gasteiger partial charge < -0.3 is 5.73 Å². The molecule has 19 heavy (non-hydrogen) atoms. The standard InChI is InChI=1S/C14H12ClF2NS/c15-11-3-1-2-4-14(11)19-8-13(18)10-6-5-9(16)7-12(10)17/h1-7,13H,8,18H2. The molecule has 0 aliphatic carbocycles. The maximum absolute atomic E-state index is 13.6. The Balaban J connectivity index is 2.05. The third kappa shape index (κ3) is 3.69. The average Bonchev–Trinajstić information content (AvgIpc) is 2.37. The fraction of sp³-hybridized carbons (Fsp3) is 0.143. The largest absolute Gasteiger partial charge is 0.323 e. The lowest BCUT2D eigenvalue weighted by Crippen LogP contribution is -2.14. The van der Waals surface area contributed by atoms with E-state index in [1.54, 1.807) is 6.07 Å². The van der Waals surface area contributed by atoms with Gasteiger partial charge in [0, 0.05) is 28.3 Å². The normalized spacial score (nSPS) is 12.4. The lowest BCUT2D eigenvalue weighted by atomic mass is 10.1. The van der Waals surface area contributed by atoms with Crippen LogP contribution in [0.4, 0.5) is 8.78 Å². The van der Waals surface area contributed by atoms with Crippen LogP contribution in [-0.2, 0) is 0 Å². The van der Waals surface area contributed by atoms with Gasteiger partial charge in [0.15, 0.2) is 0 Å². The summed E-state index contributed by atoms with van der Waals surface area (Å²) in [5, 5.41) is 0.638. The quantitative estimate of drug-likeness (QED) is 0.846. The molecule has 2 aromatic carbocycles. The Kier molecular flexibility index (Phi) is 4.80. The number of hydrogen-bond acceptors (Lipinski definition) is 2. The van der Waals surface area contributed by atoms with Crippen molar-refractivity contribution in [2.45, 2.75) is 10.9 Å². The van der Waals surface area contributed by atoms with Crippen molar-refractivity contribution in [3.63, 3.8) is 0 Å². The SMILES string of the molecule is NC(CSc1ccccc1Cl)c1ccc(F)cc1F. The summed E-state index contributed by atoms with van der Waals surface area (Å²) in [6.07, 6.45) is 0. The van der Waals surface area contributed by atoms with Crippen molar-refractivity contribution in [3.05, 3.63) is 64.7 Å². The maximum Gasteiger partial charge on any atom is 0.130 e. The van der Waals surface area contributed by atoms with E-state index in [4.69, 9.17) is 17.3 Å². The Hall–Kier alpha value is -1.10. The van der Waals surface area contributed by atoms with Gasteiger partial charge in [-0.1, -0.05) is 29.8 Å². The first-order valence-corrected chi connectivity index (χ1v) is 7.02. The molecule has 0 aliphatic heterocycles. The Labute approximate surface area is 119 Å². The van der Waals surface area contributed by atoms with Gasteiger partial charge in [0.1, 0.15) is 11.6 Å². The minimum absolute atomic E-state index is 0.306. The second-order valence-electron chi connectivity index (χ2n) is 4.01. The van der Waals surface area contributed by atoms with E-state index < -0.39 is 17.7 Å². The molecule has 0 radical (unpaired) electrons. The summed E-state index contributed by atoms with van der Waals surface area (Å²) < 4.78 is 26.4. The third-order valence-electron chi connectivity index (χ3n) is 2.62. The number of halogens is 3. The minimum Gasteiger partial charge on any atom is -0.323 e.